The van der Waals surface area contributed by atoms with Gasteiger partial charge in [-0.3, -0.25) is 4.79 Å². The summed E-state index contributed by atoms with van der Waals surface area (Å²) in [5.41, 5.74) is 6.81. The van der Waals surface area contributed by atoms with Gasteiger partial charge in [0.25, 0.3) is 5.91 Å². The molecule has 1 aromatic rings. The molecule has 3 N–H and O–H groups in total. The van der Waals surface area contributed by atoms with Crippen molar-refractivity contribution in [2.75, 3.05) is 13.1 Å². The van der Waals surface area contributed by atoms with Crippen LogP contribution in [0, 0.1) is 12.3 Å². The maximum atomic E-state index is 11.9. The molecule has 0 aromatic carbocycles. The number of furan rings is 1. The standard InChI is InChI=1S/C13H20N2O2/c1-10-4-7-17-11(10)12(16)15-9-13(8-14)5-2-3-6-13/h4,7H,2-3,5-6,8-9,14H2,1H3,(H,15,16). The number of hydrogen-bond donors (Lipinski definition) is 2. The molecule has 0 radical (unpaired) electrons. The summed E-state index contributed by atoms with van der Waals surface area (Å²) < 4.78 is 5.16. The lowest BCUT2D eigenvalue weighted by Crippen LogP contribution is -2.40. The predicted molar refractivity (Wildman–Crippen MR) is 65.7 cm³/mol. The van der Waals surface area contributed by atoms with Gasteiger partial charge in [-0.15, -0.1) is 0 Å². The minimum atomic E-state index is -0.132. The van der Waals surface area contributed by atoms with Gasteiger partial charge in [-0.05, 0) is 37.8 Å². The van der Waals surface area contributed by atoms with E-state index < -0.39 is 0 Å². The zero-order chi connectivity index (χ0) is 12.3. The van der Waals surface area contributed by atoms with Crippen LogP contribution >= 0.6 is 0 Å². The van der Waals surface area contributed by atoms with Crippen LogP contribution in [0.25, 0.3) is 0 Å². The average Bonchev–Trinajstić information content (AvgIpc) is 2.95. The van der Waals surface area contributed by atoms with Gasteiger partial charge < -0.3 is 15.5 Å². The predicted octanol–water partition coefficient (Wildman–Crippen LogP) is 1.84. The quantitative estimate of drug-likeness (QED) is 0.838. The highest BCUT2D eigenvalue weighted by Gasteiger charge is 2.33. The molecule has 1 heterocycles. The zero-order valence-electron chi connectivity index (χ0n) is 10.3. The summed E-state index contributed by atoms with van der Waals surface area (Å²) in [5, 5.41) is 2.95. The highest BCUT2D eigenvalue weighted by Crippen LogP contribution is 2.36. The highest BCUT2D eigenvalue weighted by molar-refractivity contribution is 5.92. The number of hydrogen-bond acceptors (Lipinski definition) is 3. The first-order chi connectivity index (χ1) is 8.17. The van der Waals surface area contributed by atoms with Crippen LogP contribution in [0.1, 0.15) is 41.8 Å². The van der Waals surface area contributed by atoms with E-state index in [1.54, 1.807) is 12.3 Å². The van der Waals surface area contributed by atoms with Gasteiger partial charge in [-0.2, -0.15) is 0 Å². The molecule has 17 heavy (non-hydrogen) atoms. The van der Waals surface area contributed by atoms with Crippen LogP contribution < -0.4 is 11.1 Å². The van der Waals surface area contributed by atoms with Crippen molar-refractivity contribution in [2.45, 2.75) is 32.6 Å². The lowest BCUT2D eigenvalue weighted by atomic mass is 9.86. The van der Waals surface area contributed by atoms with Crippen LogP contribution in [0.4, 0.5) is 0 Å². The van der Waals surface area contributed by atoms with Crippen molar-refractivity contribution in [3.05, 3.63) is 23.7 Å². The van der Waals surface area contributed by atoms with Crippen LogP contribution in [0.3, 0.4) is 0 Å². The number of carbonyl (C=O) groups is 1. The van der Waals surface area contributed by atoms with Crippen molar-refractivity contribution in [3.63, 3.8) is 0 Å². The van der Waals surface area contributed by atoms with Crippen molar-refractivity contribution >= 4 is 5.91 Å². The number of nitrogens with two attached hydrogens (primary N) is 1. The Hall–Kier alpha value is -1.29. The van der Waals surface area contributed by atoms with E-state index in [4.69, 9.17) is 10.2 Å². The van der Waals surface area contributed by atoms with Crippen LogP contribution in [-0.4, -0.2) is 19.0 Å². The first-order valence-electron chi connectivity index (χ1n) is 6.19. The maximum Gasteiger partial charge on any atom is 0.287 e. The Labute approximate surface area is 102 Å². The van der Waals surface area contributed by atoms with Crippen molar-refractivity contribution < 1.29 is 9.21 Å². The molecule has 1 aromatic heterocycles. The van der Waals surface area contributed by atoms with Gasteiger partial charge >= 0.3 is 0 Å². The molecular weight excluding hydrogens is 216 g/mol. The highest BCUT2D eigenvalue weighted by atomic mass is 16.3. The molecule has 4 nitrogen and oxygen atoms in total. The van der Waals surface area contributed by atoms with Gasteiger partial charge in [-0.25, -0.2) is 0 Å². The molecule has 2 rings (SSSR count). The van der Waals surface area contributed by atoms with E-state index in [2.05, 4.69) is 5.32 Å². The van der Waals surface area contributed by atoms with E-state index in [1.807, 2.05) is 6.92 Å². The number of amides is 1. The summed E-state index contributed by atoms with van der Waals surface area (Å²) in [6.07, 6.45) is 6.19. The summed E-state index contributed by atoms with van der Waals surface area (Å²) in [7, 11) is 0. The van der Waals surface area contributed by atoms with Crippen LogP contribution in [0.5, 0.6) is 0 Å². The lowest BCUT2D eigenvalue weighted by Gasteiger charge is -2.27. The van der Waals surface area contributed by atoms with Gasteiger partial charge in [0.15, 0.2) is 5.76 Å². The van der Waals surface area contributed by atoms with Gasteiger partial charge in [0.1, 0.15) is 0 Å². The van der Waals surface area contributed by atoms with Crippen molar-refractivity contribution in [1.82, 2.24) is 5.32 Å². The number of rotatable bonds is 4. The fraction of sp³-hybridized carbons (Fsp3) is 0.615. The Balaban J connectivity index is 1.94. The maximum absolute atomic E-state index is 11.9. The van der Waals surface area contributed by atoms with E-state index in [-0.39, 0.29) is 11.3 Å². The summed E-state index contributed by atoms with van der Waals surface area (Å²) >= 11 is 0. The molecule has 1 aliphatic carbocycles. The average molecular weight is 236 g/mol. The second kappa shape index (κ2) is 4.92. The van der Waals surface area contributed by atoms with Crippen molar-refractivity contribution in [2.24, 2.45) is 11.1 Å². The molecule has 0 saturated heterocycles. The van der Waals surface area contributed by atoms with E-state index in [1.165, 1.54) is 12.8 Å². The molecule has 1 saturated carbocycles. The van der Waals surface area contributed by atoms with E-state index in [0.29, 0.717) is 18.8 Å². The smallest absolute Gasteiger partial charge is 0.287 e. The van der Waals surface area contributed by atoms with Crippen LogP contribution in [-0.2, 0) is 0 Å². The van der Waals surface area contributed by atoms with Crippen LogP contribution in [0.2, 0.25) is 0 Å². The second-order valence-electron chi connectivity index (χ2n) is 5.03. The molecule has 1 aliphatic rings. The van der Waals surface area contributed by atoms with Gasteiger partial charge in [0.2, 0.25) is 0 Å². The van der Waals surface area contributed by atoms with Gasteiger partial charge in [0, 0.05) is 12.1 Å². The monoisotopic (exact) mass is 236 g/mol. The van der Waals surface area contributed by atoms with Crippen molar-refractivity contribution in [1.29, 1.82) is 0 Å². The topological polar surface area (TPSA) is 68.3 Å². The van der Waals surface area contributed by atoms with Gasteiger partial charge in [-0.1, -0.05) is 12.8 Å². The number of aryl methyl sites for hydroxylation is 1. The zero-order valence-corrected chi connectivity index (χ0v) is 10.3. The molecule has 0 bridgehead atoms. The molecule has 0 spiro atoms. The molecule has 1 amide bonds. The molecule has 1 fully saturated rings. The summed E-state index contributed by atoms with van der Waals surface area (Å²) in [4.78, 5) is 11.9. The molecule has 0 unspecified atom stereocenters. The Morgan fingerprint density at radius 1 is 1.53 bits per heavy atom. The molecule has 0 aliphatic heterocycles. The Kier molecular flexibility index (Phi) is 3.52. The molecule has 4 heteroatoms. The summed E-state index contributed by atoms with van der Waals surface area (Å²) in [6.45, 7) is 3.17. The lowest BCUT2D eigenvalue weighted by molar-refractivity contribution is 0.0903. The SMILES string of the molecule is Cc1ccoc1C(=O)NCC1(CN)CCCC1. The normalized spacial score (nSPS) is 18.2. The third-order valence-corrected chi connectivity index (χ3v) is 3.79. The fourth-order valence-corrected chi connectivity index (χ4v) is 2.53. The third kappa shape index (κ3) is 2.52. The first-order valence-corrected chi connectivity index (χ1v) is 6.19. The summed E-state index contributed by atoms with van der Waals surface area (Å²) in [5.74, 6) is 0.280. The molecule has 0 atom stereocenters. The third-order valence-electron chi connectivity index (χ3n) is 3.79. The van der Waals surface area contributed by atoms with Crippen LogP contribution in [0.15, 0.2) is 16.7 Å². The first kappa shape index (κ1) is 12.2. The molecular formula is C13H20N2O2. The van der Waals surface area contributed by atoms with Gasteiger partial charge in [0.05, 0.1) is 6.26 Å². The Morgan fingerprint density at radius 3 is 2.76 bits per heavy atom. The minimum absolute atomic E-state index is 0.107. The number of carbonyl (C=O) groups excluding carboxylic acids is 1. The Morgan fingerprint density at radius 2 is 2.24 bits per heavy atom. The van der Waals surface area contributed by atoms with Crippen molar-refractivity contribution in [3.8, 4) is 0 Å². The second-order valence-corrected chi connectivity index (χ2v) is 5.03. The minimum Gasteiger partial charge on any atom is -0.459 e. The molecule has 94 valence electrons. The Bertz CT molecular complexity index is 392. The van der Waals surface area contributed by atoms with E-state index in [9.17, 15) is 4.79 Å². The van der Waals surface area contributed by atoms with E-state index >= 15 is 0 Å². The fourth-order valence-electron chi connectivity index (χ4n) is 2.53. The van der Waals surface area contributed by atoms with E-state index in [0.717, 1.165) is 18.4 Å². The largest absolute Gasteiger partial charge is 0.459 e. The summed E-state index contributed by atoms with van der Waals surface area (Å²) in [6, 6.07) is 1.79. The number of nitrogens with one attached hydrogen (secondary N) is 1.